The van der Waals surface area contributed by atoms with E-state index in [1.807, 2.05) is 11.8 Å². The van der Waals surface area contributed by atoms with Gasteiger partial charge in [0.1, 0.15) is 0 Å². The maximum Gasteiger partial charge on any atom is 0.410 e. The molecule has 2 rings (SSSR count). The van der Waals surface area contributed by atoms with Gasteiger partial charge in [-0.05, 0) is 30.3 Å². The molecule has 0 aliphatic carbocycles. The monoisotopic (exact) mass is 245 g/mol. The minimum Gasteiger partial charge on any atom is -0.478 e. The van der Waals surface area contributed by atoms with Crippen molar-refractivity contribution in [3.05, 3.63) is 0 Å². The molecule has 0 radical (unpaired) electrons. The summed E-state index contributed by atoms with van der Waals surface area (Å²) in [6.07, 6.45) is 0.745. The average molecular weight is 245 g/mol. The predicted molar refractivity (Wildman–Crippen MR) is 59.5 cm³/mol. The molecule has 0 aromatic heterocycles. The SMILES string of the molecule is O=C(O)[C@H]1CN(CC2CCSCC2)C(=O)O1. The summed E-state index contributed by atoms with van der Waals surface area (Å²) < 4.78 is 4.76. The van der Waals surface area contributed by atoms with E-state index in [1.165, 1.54) is 4.90 Å². The van der Waals surface area contributed by atoms with E-state index >= 15 is 0 Å². The number of ether oxygens (including phenoxy) is 1. The first kappa shape index (κ1) is 11.6. The lowest BCUT2D eigenvalue weighted by Crippen LogP contribution is -2.33. The third-order valence-corrected chi connectivity index (χ3v) is 4.03. The molecule has 0 saturated carbocycles. The molecule has 90 valence electrons. The highest BCUT2D eigenvalue weighted by atomic mass is 32.2. The fraction of sp³-hybridized carbons (Fsp3) is 0.800. The van der Waals surface area contributed by atoms with E-state index in [1.54, 1.807) is 0 Å². The Balaban J connectivity index is 1.85. The summed E-state index contributed by atoms with van der Waals surface area (Å²) in [6.45, 7) is 0.834. The zero-order valence-corrected chi connectivity index (χ0v) is 9.74. The van der Waals surface area contributed by atoms with Crippen LogP contribution in [0.3, 0.4) is 0 Å². The van der Waals surface area contributed by atoms with Gasteiger partial charge in [0, 0.05) is 6.54 Å². The number of cyclic esters (lactones) is 1. The van der Waals surface area contributed by atoms with Crippen LogP contribution >= 0.6 is 11.8 Å². The van der Waals surface area contributed by atoms with Crippen LogP contribution in [-0.2, 0) is 9.53 Å². The van der Waals surface area contributed by atoms with Crippen molar-refractivity contribution in [2.24, 2.45) is 5.92 Å². The van der Waals surface area contributed by atoms with Crippen molar-refractivity contribution in [3.8, 4) is 0 Å². The van der Waals surface area contributed by atoms with Crippen LogP contribution in [0, 0.1) is 5.92 Å². The molecule has 2 fully saturated rings. The van der Waals surface area contributed by atoms with E-state index in [2.05, 4.69) is 0 Å². The Morgan fingerprint density at radius 1 is 1.50 bits per heavy atom. The van der Waals surface area contributed by atoms with Gasteiger partial charge in [0.25, 0.3) is 0 Å². The molecule has 1 amide bonds. The highest BCUT2D eigenvalue weighted by molar-refractivity contribution is 7.99. The molecular weight excluding hydrogens is 230 g/mol. The summed E-state index contributed by atoms with van der Waals surface area (Å²) in [7, 11) is 0. The number of rotatable bonds is 3. The molecule has 0 aromatic carbocycles. The van der Waals surface area contributed by atoms with Gasteiger partial charge in [-0.2, -0.15) is 11.8 Å². The number of nitrogens with zero attached hydrogens (tertiary/aromatic N) is 1. The summed E-state index contributed by atoms with van der Waals surface area (Å²) in [5.74, 6) is 1.71. The number of amides is 1. The van der Waals surface area contributed by atoms with Crippen molar-refractivity contribution in [2.45, 2.75) is 18.9 Å². The van der Waals surface area contributed by atoms with Gasteiger partial charge in [-0.25, -0.2) is 9.59 Å². The fourth-order valence-electron chi connectivity index (χ4n) is 2.03. The molecule has 1 atom stereocenters. The van der Waals surface area contributed by atoms with Crippen LogP contribution < -0.4 is 0 Å². The van der Waals surface area contributed by atoms with Gasteiger partial charge in [-0.15, -0.1) is 0 Å². The third kappa shape index (κ3) is 2.61. The summed E-state index contributed by atoms with van der Waals surface area (Å²) in [4.78, 5) is 23.6. The number of thioether (sulfide) groups is 1. The van der Waals surface area contributed by atoms with Gasteiger partial charge >= 0.3 is 12.1 Å². The summed E-state index contributed by atoms with van der Waals surface area (Å²) in [5.41, 5.74) is 0. The van der Waals surface area contributed by atoms with Crippen LogP contribution in [0.25, 0.3) is 0 Å². The van der Waals surface area contributed by atoms with E-state index in [4.69, 9.17) is 9.84 Å². The second kappa shape index (κ2) is 4.95. The molecule has 16 heavy (non-hydrogen) atoms. The molecule has 0 unspecified atom stereocenters. The normalized spacial score (nSPS) is 26.9. The average Bonchev–Trinajstić information content (AvgIpc) is 2.62. The summed E-state index contributed by atoms with van der Waals surface area (Å²) >= 11 is 1.93. The molecule has 1 N–H and O–H groups in total. The highest BCUT2D eigenvalue weighted by Crippen LogP contribution is 2.25. The number of hydrogen-bond acceptors (Lipinski definition) is 4. The zero-order chi connectivity index (χ0) is 11.5. The summed E-state index contributed by atoms with van der Waals surface area (Å²) in [5, 5.41) is 8.75. The number of carboxylic acid groups (broad SMARTS) is 1. The van der Waals surface area contributed by atoms with E-state index in [-0.39, 0.29) is 6.54 Å². The number of carboxylic acids is 1. The molecule has 2 heterocycles. The molecule has 0 bridgehead atoms. The van der Waals surface area contributed by atoms with E-state index in [0.29, 0.717) is 12.5 Å². The topological polar surface area (TPSA) is 66.8 Å². The van der Waals surface area contributed by atoms with Gasteiger partial charge < -0.3 is 14.7 Å². The molecule has 2 aliphatic rings. The van der Waals surface area contributed by atoms with Crippen LogP contribution in [0.5, 0.6) is 0 Å². The molecule has 6 heteroatoms. The number of aliphatic carboxylic acids is 1. The third-order valence-electron chi connectivity index (χ3n) is 2.98. The Labute approximate surface area is 98.1 Å². The Bertz CT molecular complexity index is 291. The zero-order valence-electron chi connectivity index (χ0n) is 8.92. The second-order valence-electron chi connectivity index (χ2n) is 4.17. The smallest absolute Gasteiger partial charge is 0.410 e. The van der Waals surface area contributed by atoms with Crippen molar-refractivity contribution in [1.29, 1.82) is 0 Å². The van der Waals surface area contributed by atoms with Crippen molar-refractivity contribution < 1.29 is 19.4 Å². The number of carbonyl (C=O) groups is 2. The lowest BCUT2D eigenvalue weighted by molar-refractivity contribution is -0.144. The molecule has 0 aromatic rings. The Morgan fingerprint density at radius 3 is 2.75 bits per heavy atom. The maximum atomic E-state index is 11.4. The van der Waals surface area contributed by atoms with Gasteiger partial charge in [-0.1, -0.05) is 0 Å². The minimum absolute atomic E-state index is 0.192. The first-order chi connectivity index (χ1) is 7.66. The minimum atomic E-state index is -1.06. The molecule has 5 nitrogen and oxygen atoms in total. The van der Waals surface area contributed by atoms with Gasteiger partial charge in [0.15, 0.2) is 0 Å². The summed E-state index contributed by atoms with van der Waals surface area (Å²) in [6, 6.07) is 0. The largest absolute Gasteiger partial charge is 0.478 e. The van der Waals surface area contributed by atoms with Crippen LogP contribution in [0.4, 0.5) is 4.79 Å². The first-order valence-electron chi connectivity index (χ1n) is 5.43. The van der Waals surface area contributed by atoms with Crippen LogP contribution in [0.15, 0.2) is 0 Å². The Hall–Kier alpha value is -0.910. The van der Waals surface area contributed by atoms with E-state index in [9.17, 15) is 9.59 Å². The van der Waals surface area contributed by atoms with Crippen molar-refractivity contribution in [2.75, 3.05) is 24.6 Å². The first-order valence-corrected chi connectivity index (χ1v) is 6.58. The number of hydrogen-bond donors (Lipinski definition) is 1. The van der Waals surface area contributed by atoms with Crippen LogP contribution in [0.2, 0.25) is 0 Å². The van der Waals surface area contributed by atoms with Gasteiger partial charge in [0.05, 0.1) is 6.54 Å². The van der Waals surface area contributed by atoms with Gasteiger partial charge in [-0.3, -0.25) is 0 Å². The maximum absolute atomic E-state index is 11.4. The van der Waals surface area contributed by atoms with Crippen molar-refractivity contribution in [3.63, 3.8) is 0 Å². The molecule has 2 aliphatic heterocycles. The van der Waals surface area contributed by atoms with Crippen molar-refractivity contribution >= 4 is 23.8 Å². The Kier molecular flexibility index (Phi) is 3.58. The molecule has 2 saturated heterocycles. The van der Waals surface area contributed by atoms with Crippen LogP contribution in [-0.4, -0.2) is 52.8 Å². The molecule has 0 spiro atoms. The standard InChI is InChI=1S/C10H15NO4S/c12-9(13)8-6-11(10(14)15-8)5-7-1-3-16-4-2-7/h7-8H,1-6H2,(H,12,13)/t8-/m1/s1. The predicted octanol–water partition coefficient (Wildman–Crippen LogP) is 1.04. The molecular formula is C10H15NO4S. The number of carbonyl (C=O) groups excluding carboxylic acids is 1. The van der Waals surface area contributed by atoms with Crippen LogP contribution in [0.1, 0.15) is 12.8 Å². The lowest BCUT2D eigenvalue weighted by Gasteiger charge is -2.24. The fourth-order valence-corrected chi connectivity index (χ4v) is 3.23. The van der Waals surface area contributed by atoms with E-state index in [0.717, 1.165) is 24.3 Å². The highest BCUT2D eigenvalue weighted by Gasteiger charge is 2.37. The quantitative estimate of drug-likeness (QED) is 0.804. The van der Waals surface area contributed by atoms with E-state index < -0.39 is 18.2 Å². The second-order valence-corrected chi connectivity index (χ2v) is 5.40. The van der Waals surface area contributed by atoms with Gasteiger partial charge in [0.2, 0.25) is 6.10 Å². The lowest BCUT2D eigenvalue weighted by atomic mass is 10.0. The van der Waals surface area contributed by atoms with Crippen molar-refractivity contribution in [1.82, 2.24) is 4.90 Å². The Morgan fingerprint density at radius 2 is 2.19 bits per heavy atom.